The Morgan fingerprint density at radius 3 is 1.73 bits per heavy atom. The molecule has 2 nitrogen and oxygen atoms in total. The predicted octanol–water partition coefficient (Wildman–Crippen LogP) is 2.53. The molecule has 1 heterocycles. The Kier molecular flexibility index (Phi) is 2.44. The zero-order valence-electron chi connectivity index (χ0n) is 11.0. The summed E-state index contributed by atoms with van der Waals surface area (Å²) in [5, 5.41) is 0. The topological polar surface area (TPSA) is 12.5 Å². The van der Waals surface area contributed by atoms with E-state index in [2.05, 4.69) is 46.4 Å². The van der Waals surface area contributed by atoms with Gasteiger partial charge in [0, 0.05) is 30.5 Å². The molecule has 0 spiro atoms. The third-order valence-corrected chi connectivity index (χ3v) is 3.55. The van der Waals surface area contributed by atoms with E-state index < -0.39 is 0 Å². The van der Waals surface area contributed by atoms with Crippen molar-refractivity contribution in [2.24, 2.45) is 11.8 Å². The summed E-state index contributed by atoms with van der Waals surface area (Å²) in [7, 11) is 0. The minimum atomic E-state index is 0.0293. The van der Waals surface area contributed by atoms with Crippen molar-refractivity contribution < 1.29 is 4.74 Å². The molecule has 2 unspecified atom stereocenters. The van der Waals surface area contributed by atoms with Crippen LogP contribution in [0.25, 0.3) is 0 Å². The molecule has 0 aromatic heterocycles. The molecule has 1 saturated carbocycles. The Balaban J connectivity index is 1.84. The maximum Gasteiger partial charge on any atom is 0.0671 e. The summed E-state index contributed by atoms with van der Waals surface area (Å²) in [6, 6.07) is 0. The lowest BCUT2D eigenvalue weighted by Gasteiger charge is -2.34. The Morgan fingerprint density at radius 1 is 0.933 bits per heavy atom. The molecule has 2 heteroatoms. The van der Waals surface area contributed by atoms with Crippen LogP contribution in [0.4, 0.5) is 0 Å². The van der Waals surface area contributed by atoms with Gasteiger partial charge >= 0.3 is 0 Å². The summed E-state index contributed by atoms with van der Waals surface area (Å²) >= 11 is 0. The van der Waals surface area contributed by atoms with Crippen molar-refractivity contribution in [1.82, 2.24) is 4.90 Å². The molecule has 2 fully saturated rings. The molecule has 0 bridgehead atoms. The minimum absolute atomic E-state index is 0.0293. The first-order chi connectivity index (χ1) is 6.68. The number of hydrogen-bond donors (Lipinski definition) is 0. The van der Waals surface area contributed by atoms with E-state index >= 15 is 0 Å². The zero-order valence-corrected chi connectivity index (χ0v) is 11.0. The first kappa shape index (κ1) is 11.4. The summed E-state index contributed by atoms with van der Waals surface area (Å²) in [6.07, 6.45) is 0.545. The van der Waals surface area contributed by atoms with Crippen molar-refractivity contribution in [3.63, 3.8) is 0 Å². The molecule has 0 radical (unpaired) electrons. The van der Waals surface area contributed by atoms with E-state index in [9.17, 15) is 0 Å². The highest BCUT2D eigenvalue weighted by Crippen LogP contribution is 2.50. The molecule has 2 aliphatic rings. The molecular weight excluding hydrogens is 186 g/mol. The summed E-state index contributed by atoms with van der Waals surface area (Å²) in [6.45, 7) is 15.8. The number of piperidine rings is 1. The Bertz CT molecular complexity index is 236. The first-order valence-electron chi connectivity index (χ1n) is 6.11. The number of likely N-dealkylation sites (tertiary alicyclic amines) is 1. The molecule has 1 saturated heterocycles. The van der Waals surface area contributed by atoms with E-state index in [1.54, 1.807) is 0 Å². The van der Waals surface area contributed by atoms with E-state index in [0.717, 1.165) is 11.8 Å². The van der Waals surface area contributed by atoms with Crippen molar-refractivity contribution in [1.29, 1.82) is 0 Å². The summed E-state index contributed by atoms with van der Waals surface area (Å²) in [4.78, 5) is 2.59. The lowest BCUT2D eigenvalue weighted by Crippen LogP contribution is -2.42. The van der Waals surface area contributed by atoms with Gasteiger partial charge < -0.3 is 4.74 Å². The third kappa shape index (κ3) is 2.36. The average Bonchev–Trinajstić information content (AvgIpc) is 2.50. The zero-order chi connectivity index (χ0) is 11.4. The quantitative estimate of drug-likeness (QED) is 0.661. The van der Waals surface area contributed by atoms with Gasteiger partial charge in [-0.05, 0) is 41.5 Å². The first-order valence-corrected chi connectivity index (χ1v) is 6.11. The molecule has 0 aromatic rings. The molecule has 15 heavy (non-hydrogen) atoms. The fourth-order valence-electron chi connectivity index (χ4n) is 2.60. The number of ether oxygens (including phenoxy) is 1. The number of fused-ring (bicyclic) bond motifs is 1. The van der Waals surface area contributed by atoms with E-state index in [0.29, 0.717) is 11.6 Å². The van der Waals surface area contributed by atoms with Gasteiger partial charge in [-0.1, -0.05) is 0 Å². The lowest BCUT2D eigenvalue weighted by molar-refractivity contribution is -0.0389. The van der Waals surface area contributed by atoms with Crippen LogP contribution in [0.3, 0.4) is 0 Å². The van der Waals surface area contributed by atoms with Crippen LogP contribution in [0.2, 0.25) is 0 Å². The largest absolute Gasteiger partial charge is 0.372 e. The van der Waals surface area contributed by atoms with Gasteiger partial charge in [0.25, 0.3) is 0 Å². The maximum atomic E-state index is 6.05. The molecule has 0 amide bonds. The number of nitrogens with zero attached hydrogens (tertiary/aromatic N) is 1. The molecule has 2 atom stereocenters. The molecular formula is C13H25NO. The average molecular weight is 211 g/mol. The van der Waals surface area contributed by atoms with Gasteiger partial charge in [0.05, 0.1) is 11.7 Å². The van der Waals surface area contributed by atoms with Crippen molar-refractivity contribution in [2.75, 3.05) is 13.1 Å². The van der Waals surface area contributed by atoms with Crippen molar-refractivity contribution in [2.45, 2.75) is 58.8 Å². The highest BCUT2D eigenvalue weighted by Gasteiger charge is 2.59. The van der Waals surface area contributed by atoms with Crippen LogP contribution in [-0.2, 0) is 4.74 Å². The van der Waals surface area contributed by atoms with Crippen molar-refractivity contribution >= 4 is 0 Å². The molecule has 1 aliphatic carbocycles. The van der Waals surface area contributed by atoms with Crippen LogP contribution < -0.4 is 0 Å². The predicted molar refractivity (Wildman–Crippen MR) is 62.9 cm³/mol. The van der Waals surface area contributed by atoms with E-state index in [4.69, 9.17) is 4.74 Å². The molecule has 0 N–H and O–H groups in total. The molecule has 2 rings (SSSR count). The fraction of sp³-hybridized carbons (Fsp3) is 1.00. The minimum Gasteiger partial charge on any atom is -0.372 e. The van der Waals surface area contributed by atoms with Gasteiger partial charge in [-0.15, -0.1) is 0 Å². The summed E-state index contributed by atoms with van der Waals surface area (Å²) < 4.78 is 6.05. The Hall–Kier alpha value is -0.0800. The smallest absolute Gasteiger partial charge is 0.0671 e. The van der Waals surface area contributed by atoms with Crippen molar-refractivity contribution in [3.8, 4) is 0 Å². The summed E-state index contributed by atoms with van der Waals surface area (Å²) in [5.41, 5.74) is 0.362. The van der Waals surface area contributed by atoms with Gasteiger partial charge in [0.1, 0.15) is 0 Å². The van der Waals surface area contributed by atoms with Gasteiger partial charge in [-0.2, -0.15) is 0 Å². The van der Waals surface area contributed by atoms with Gasteiger partial charge in [-0.25, -0.2) is 0 Å². The Morgan fingerprint density at radius 2 is 1.40 bits per heavy atom. The lowest BCUT2D eigenvalue weighted by atomic mass is 10.1. The monoisotopic (exact) mass is 211 g/mol. The fourth-order valence-corrected chi connectivity index (χ4v) is 2.60. The molecule has 0 aromatic carbocycles. The second-order valence-electron chi connectivity index (χ2n) is 7.10. The van der Waals surface area contributed by atoms with E-state index in [-0.39, 0.29) is 5.60 Å². The highest BCUT2D eigenvalue weighted by molar-refractivity contribution is 5.09. The SMILES string of the molecule is CC(C)(C)OC1C2CN(C(C)(C)C)CC21. The maximum absolute atomic E-state index is 6.05. The third-order valence-electron chi connectivity index (χ3n) is 3.55. The number of hydrogen-bond acceptors (Lipinski definition) is 2. The van der Waals surface area contributed by atoms with E-state index in [1.165, 1.54) is 13.1 Å². The van der Waals surface area contributed by atoms with Crippen LogP contribution in [0.5, 0.6) is 0 Å². The van der Waals surface area contributed by atoms with Crippen molar-refractivity contribution in [3.05, 3.63) is 0 Å². The number of rotatable bonds is 1. The standard InChI is InChI=1S/C13H25NO/c1-12(2,3)14-7-9-10(8-14)11(9)15-13(4,5)6/h9-11H,7-8H2,1-6H3. The van der Waals surface area contributed by atoms with Crippen LogP contribution in [0.15, 0.2) is 0 Å². The van der Waals surface area contributed by atoms with Gasteiger partial charge in [0.15, 0.2) is 0 Å². The second-order valence-corrected chi connectivity index (χ2v) is 7.10. The van der Waals surface area contributed by atoms with Crippen LogP contribution in [-0.4, -0.2) is 35.2 Å². The molecule has 88 valence electrons. The Labute approximate surface area is 94.0 Å². The second kappa shape index (κ2) is 3.21. The van der Waals surface area contributed by atoms with Gasteiger partial charge in [-0.3, -0.25) is 4.90 Å². The summed E-state index contributed by atoms with van der Waals surface area (Å²) in [5.74, 6) is 1.62. The van der Waals surface area contributed by atoms with Crippen LogP contribution >= 0.6 is 0 Å². The van der Waals surface area contributed by atoms with Crippen LogP contribution in [0.1, 0.15) is 41.5 Å². The van der Waals surface area contributed by atoms with E-state index in [1.807, 2.05) is 0 Å². The van der Waals surface area contributed by atoms with Crippen LogP contribution in [0, 0.1) is 11.8 Å². The highest BCUT2D eigenvalue weighted by atomic mass is 16.5. The normalized spacial score (nSPS) is 36.8. The molecule has 1 aliphatic heterocycles. The van der Waals surface area contributed by atoms with Gasteiger partial charge in [0.2, 0.25) is 0 Å².